The van der Waals surface area contributed by atoms with Crippen LogP contribution in [0.2, 0.25) is 0 Å². The van der Waals surface area contributed by atoms with Crippen molar-refractivity contribution in [2.24, 2.45) is 11.7 Å². The van der Waals surface area contributed by atoms with Gasteiger partial charge in [0.15, 0.2) is 0 Å². The molecule has 1 amide bonds. The molecule has 20 heavy (non-hydrogen) atoms. The lowest BCUT2D eigenvalue weighted by Gasteiger charge is -2.32. The molecule has 112 valence electrons. The maximum Gasteiger partial charge on any atom is 0.240 e. The van der Waals surface area contributed by atoms with Crippen LogP contribution in [0.1, 0.15) is 31.4 Å². The molecule has 1 aliphatic heterocycles. The fourth-order valence-corrected chi connectivity index (χ4v) is 2.97. The number of benzene rings is 1. The quantitative estimate of drug-likeness (QED) is 0.899. The second-order valence-electron chi connectivity index (χ2n) is 5.30. The Balaban J connectivity index is 0.00000200. The number of fused-ring (bicyclic) bond motifs is 1. The van der Waals surface area contributed by atoms with E-state index in [4.69, 9.17) is 5.73 Å². The standard InChI is InChI=1S/C15H21BrN2O.ClH/c1-3-10(2)14(17)15(19)18-8-7-11-5-4-6-13(16)12(11)9-18;/h4-6,10,14H,3,7-9,17H2,1-2H3;1H. The minimum Gasteiger partial charge on any atom is -0.337 e. The molecule has 0 saturated carbocycles. The van der Waals surface area contributed by atoms with E-state index in [0.29, 0.717) is 6.54 Å². The van der Waals surface area contributed by atoms with E-state index in [1.54, 1.807) is 0 Å². The van der Waals surface area contributed by atoms with E-state index < -0.39 is 0 Å². The number of carbonyl (C=O) groups excluding carboxylic acids is 1. The number of amides is 1. The molecule has 0 radical (unpaired) electrons. The van der Waals surface area contributed by atoms with Gasteiger partial charge in [0.05, 0.1) is 6.04 Å². The molecule has 0 aliphatic carbocycles. The summed E-state index contributed by atoms with van der Waals surface area (Å²) in [6, 6.07) is 5.83. The second kappa shape index (κ2) is 7.43. The first-order chi connectivity index (χ1) is 9.04. The van der Waals surface area contributed by atoms with Crippen LogP contribution in [0.3, 0.4) is 0 Å². The Kier molecular flexibility index (Phi) is 6.49. The third-order valence-corrected chi connectivity index (χ3v) is 4.81. The van der Waals surface area contributed by atoms with Crippen LogP contribution in [0.15, 0.2) is 22.7 Å². The van der Waals surface area contributed by atoms with Gasteiger partial charge in [-0.05, 0) is 29.5 Å². The van der Waals surface area contributed by atoms with Crippen LogP contribution in [0.25, 0.3) is 0 Å². The smallest absolute Gasteiger partial charge is 0.240 e. The SMILES string of the molecule is CCC(C)C(N)C(=O)N1CCc2cccc(Br)c2C1.Cl. The van der Waals surface area contributed by atoms with E-state index in [1.165, 1.54) is 11.1 Å². The normalized spacial score (nSPS) is 16.9. The molecule has 1 aromatic carbocycles. The van der Waals surface area contributed by atoms with Gasteiger partial charge in [0, 0.05) is 17.6 Å². The van der Waals surface area contributed by atoms with Crippen molar-refractivity contribution in [3.63, 3.8) is 0 Å². The predicted octanol–water partition coefficient (Wildman–Crippen LogP) is 3.13. The molecule has 2 unspecified atom stereocenters. The molecule has 1 heterocycles. The largest absolute Gasteiger partial charge is 0.337 e. The number of hydrogen-bond donors (Lipinski definition) is 1. The summed E-state index contributed by atoms with van der Waals surface area (Å²) in [5.74, 6) is 0.309. The van der Waals surface area contributed by atoms with Gasteiger partial charge in [-0.1, -0.05) is 48.3 Å². The van der Waals surface area contributed by atoms with Gasteiger partial charge in [-0.3, -0.25) is 4.79 Å². The molecule has 5 heteroatoms. The van der Waals surface area contributed by atoms with Gasteiger partial charge in [-0.25, -0.2) is 0 Å². The van der Waals surface area contributed by atoms with Crippen molar-refractivity contribution in [2.45, 2.75) is 39.3 Å². The average Bonchev–Trinajstić information content (AvgIpc) is 2.45. The van der Waals surface area contributed by atoms with Gasteiger partial charge >= 0.3 is 0 Å². The molecule has 0 fully saturated rings. The second-order valence-corrected chi connectivity index (χ2v) is 6.15. The summed E-state index contributed by atoms with van der Waals surface area (Å²) in [4.78, 5) is 14.3. The topological polar surface area (TPSA) is 46.3 Å². The van der Waals surface area contributed by atoms with Crippen LogP contribution >= 0.6 is 28.3 Å². The van der Waals surface area contributed by atoms with Crippen molar-refractivity contribution in [1.82, 2.24) is 4.90 Å². The van der Waals surface area contributed by atoms with Crippen molar-refractivity contribution >= 4 is 34.2 Å². The monoisotopic (exact) mass is 360 g/mol. The van der Waals surface area contributed by atoms with E-state index in [2.05, 4.69) is 28.9 Å². The van der Waals surface area contributed by atoms with Crippen LogP contribution in [0.5, 0.6) is 0 Å². The summed E-state index contributed by atoms with van der Waals surface area (Å²) in [6.45, 7) is 5.54. The number of rotatable bonds is 3. The third-order valence-electron chi connectivity index (χ3n) is 4.07. The van der Waals surface area contributed by atoms with Crippen molar-refractivity contribution in [3.8, 4) is 0 Å². The van der Waals surface area contributed by atoms with Gasteiger partial charge in [0.1, 0.15) is 0 Å². The lowest BCUT2D eigenvalue weighted by molar-refractivity contribution is -0.134. The van der Waals surface area contributed by atoms with Gasteiger partial charge < -0.3 is 10.6 Å². The van der Waals surface area contributed by atoms with Crippen molar-refractivity contribution in [3.05, 3.63) is 33.8 Å². The van der Waals surface area contributed by atoms with Crippen LogP contribution in [0, 0.1) is 5.92 Å². The third kappa shape index (κ3) is 3.54. The lowest BCUT2D eigenvalue weighted by Crippen LogP contribution is -2.48. The van der Waals surface area contributed by atoms with Crippen LogP contribution < -0.4 is 5.73 Å². The highest BCUT2D eigenvalue weighted by Gasteiger charge is 2.28. The van der Waals surface area contributed by atoms with Crippen molar-refractivity contribution in [1.29, 1.82) is 0 Å². The highest BCUT2D eigenvalue weighted by atomic mass is 79.9. The van der Waals surface area contributed by atoms with Crippen LogP contribution in [-0.2, 0) is 17.8 Å². The molecule has 2 rings (SSSR count). The lowest BCUT2D eigenvalue weighted by atomic mass is 9.96. The zero-order chi connectivity index (χ0) is 14.0. The van der Waals surface area contributed by atoms with Crippen LogP contribution in [0.4, 0.5) is 0 Å². The van der Waals surface area contributed by atoms with Gasteiger partial charge in [0.2, 0.25) is 5.91 Å². The van der Waals surface area contributed by atoms with E-state index in [1.807, 2.05) is 24.0 Å². The summed E-state index contributed by atoms with van der Waals surface area (Å²) in [7, 11) is 0. The Morgan fingerprint density at radius 2 is 2.20 bits per heavy atom. The van der Waals surface area contributed by atoms with Gasteiger partial charge in [0.25, 0.3) is 0 Å². The molecule has 0 saturated heterocycles. The molecule has 0 bridgehead atoms. The minimum atomic E-state index is -0.381. The first kappa shape index (κ1) is 17.5. The number of carbonyl (C=O) groups is 1. The van der Waals surface area contributed by atoms with E-state index in [9.17, 15) is 4.79 Å². The van der Waals surface area contributed by atoms with Crippen LogP contribution in [-0.4, -0.2) is 23.4 Å². The Morgan fingerprint density at radius 1 is 1.50 bits per heavy atom. The highest BCUT2D eigenvalue weighted by molar-refractivity contribution is 9.10. The maximum atomic E-state index is 12.4. The van der Waals surface area contributed by atoms with Crippen molar-refractivity contribution < 1.29 is 4.79 Å². The summed E-state index contributed by atoms with van der Waals surface area (Å²) in [5, 5.41) is 0. The molecule has 2 N–H and O–H groups in total. The Hall–Kier alpha value is -0.580. The predicted molar refractivity (Wildman–Crippen MR) is 87.9 cm³/mol. The minimum absolute atomic E-state index is 0. The molecule has 0 spiro atoms. The molecular formula is C15H22BrClN2O. The molecule has 0 aromatic heterocycles. The van der Waals surface area contributed by atoms with Crippen molar-refractivity contribution in [2.75, 3.05) is 6.54 Å². The zero-order valence-corrected chi connectivity index (χ0v) is 14.3. The fourth-order valence-electron chi connectivity index (χ4n) is 2.44. The Morgan fingerprint density at radius 3 is 2.85 bits per heavy atom. The van der Waals surface area contributed by atoms with Gasteiger partial charge in [-0.2, -0.15) is 0 Å². The molecular weight excluding hydrogens is 340 g/mol. The molecule has 3 nitrogen and oxygen atoms in total. The molecule has 2 atom stereocenters. The first-order valence-corrected chi connectivity index (χ1v) is 7.64. The Labute approximate surface area is 135 Å². The molecule has 1 aliphatic rings. The summed E-state index contributed by atoms with van der Waals surface area (Å²) < 4.78 is 1.08. The van der Waals surface area contributed by atoms with E-state index in [-0.39, 0.29) is 30.3 Å². The fraction of sp³-hybridized carbons (Fsp3) is 0.533. The first-order valence-electron chi connectivity index (χ1n) is 6.85. The summed E-state index contributed by atoms with van der Waals surface area (Å²) in [5.41, 5.74) is 8.61. The number of nitrogens with zero attached hydrogens (tertiary/aromatic N) is 1. The summed E-state index contributed by atoms with van der Waals surface area (Å²) in [6.07, 6.45) is 1.84. The number of hydrogen-bond acceptors (Lipinski definition) is 2. The maximum absolute atomic E-state index is 12.4. The van der Waals surface area contributed by atoms with E-state index >= 15 is 0 Å². The Bertz CT molecular complexity index is 481. The number of halogens is 2. The molecule has 1 aromatic rings. The highest BCUT2D eigenvalue weighted by Crippen LogP contribution is 2.27. The average molecular weight is 362 g/mol. The summed E-state index contributed by atoms with van der Waals surface area (Å²) >= 11 is 3.57. The number of nitrogens with two attached hydrogens (primary N) is 1. The zero-order valence-electron chi connectivity index (χ0n) is 11.9. The van der Waals surface area contributed by atoms with E-state index in [0.717, 1.165) is 23.9 Å². The van der Waals surface area contributed by atoms with Gasteiger partial charge in [-0.15, -0.1) is 12.4 Å².